The van der Waals surface area contributed by atoms with Gasteiger partial charge < -0.3 is 5.32 Å². The second-order valence-corrected chi connectivity index (χ2v) is 7.61. The number of nitrogens with zero attached hydrogens (tertiary/aromatic N) is 2. The van der Waals surface area contributed by atoms with E-state index in [4.69, 9.17) is 0 Å². The first kappa shape index (κ1) is 16.2. The second-order valence-electron chi connectivity index (χ2n) is 5.68. The van der Waals surface area contributed by atoms with Gasteiger partial charge >= 0.3 is 0 Å². The van der Waals surface area contributed by atoms with Gasteiger partial charge in [-0.1, -0.05) is 6.92 Å². The first-order valence-electron chi connectivity index (χ1n) is 7.75. The Balaban J connectivity index is 1.70. The molecule has 20 heavy (non-hydrogen) atoms. The molecule has 0 bridgehead atoms. The molecule has 0 saturated carbocycles. The first-order valence-corrected chi connectivity index (χ1v) is 9.40. The summed E-state index contributed by atoms with van der Waals surface area (Å²) < 4.78 is 26.9. The summed E-state index contributed by atoms with van der Waals surface area (Å²) in [4.78, 5) is 4.57. The standard InChI is InChI=1S/C13H28N4O2S/c1-2-17-7-3-4-13(17)12-15-20(18,19)11-10-16-8-5-14-6-9-16/h13-15H,2-12H2,1H3. The highest BCUT2D eigenvalue weighted by Gasteiger charge is 2.24. The lowest BCUT2D eigenvalue weighted by molar-refractivity contribution is 0.253. The van der Waals surface area contributed by atoms with E-state index in [9.17, 15) is 8.42 Å². The largest absolute Gasteiger partial charge is 0.314 e. The van der Waals surface area contributed by atoms with Crippen molar-refractivity contribution in [2.24, 2.45) is 0 Å². The van der Waals surface area contributed by atoms with Gasteiger partial charge in [0.2, 0.25) is 10.0 Å². The van der Waals surface area contributed by atoms with Gasteiger partial charge in [0, 0.05) is 45.3 Å². The summed E-state index contributed by atoms with van der Waals surface area (Å²) >= 11 is 0. The van der Waals surface area contributed by atoms with E-state index in [0.717, 1.165) is 45.7 Å². The van der Waals surface area contributed by atoms with Crippen molar-refractivity contribution >= 4 is 10.0 Å². The van der Waals surface area contributed by atoms with E-state index in [2.05, 4.69) is 26.8 Å². The van der Waals surface area contributed by atoms with E-state index in [1.54, 1.807) is 0 Å². The Kier molecular flexibility index (Phi) is 6.22. The molecule has 1 atom stereocenters. The van der Waals surface area contributed by atoms with Gasteiger partial charge in [-0.25, -0.2) is 13.1 Å². The van der Waals surface area contributed by atoms with Crippen LogP contribution < -0.4 is 10.0 Å². The lowest BCUT2D eigenvalue weighted by Gasteiger charge is -2.27. The van der Waals surface area contributed by atoms with E-state index < -0.39 is 10.0 Å². The third-order valence-corrected chi connectivity index (χ3v) is 5.66. The Morgan fingerprint density at radius 1 is 1.25 bits per heavy atom. The summed E-state index contributed by atoms with van der Waals surface area (Å²) in [5.74, 6) is 0.214. The van der Waals surface area contributed by atoms with Gasteiger partial charge in [-0.2, -0.15) is 0 Å². The fraction of sp³-hybridized carbons (Fsp3) is 1.00. The van der Waals surface area contributed by atoms with Crippen LogP contribution in [0.2, 0.25) is 0 Å². The number of hydrogen-bond donors (Lipinski definition) is 2. The van der Waals surface area contributed by atoms with Crippen molar-refractivity contribution < 1.29 is 8.42 Å². The molecule has 2 aliphatic rings. The summed E-state index contributed by atoms with van der Waals surface area (Å²) in [6.07, 6.45) is 2.29. The SMILES string of the molecule is CCN1CCCC1CNS(=O)(=O)CCN1CCNCC1. The number of likely N-dealkylation sites (N-methyl/N-ethyl adjacent to an activating group) is 1. The van der Waals surface area contributed by atoms with E-state index in [1.165, 1.54) is 6.42 Å². The fourth-order valence-electron chi connectivity index (χ4n) is 3.02. The van der Waals surface area contributed by atoms with Crippen LogP contribution in [0.15, 0.2) is 0 Å². The molecule has 118 valence electrons. The van der Waals surface area contributed by atoms with Crippen molar-refractivity contribution in [3.63, 3.8) is 0 Å². The van der Waals surface area contributed by atoms with Gasteiger partial charge in [-0.15, -0.1) is 0 Å². The molecule has 0 spiro atoms. The Morgan fingerprint density at radius 3 is 2.70 bits per heavy atom. The van der Waals surface area contributed by atoms with E-state index in [1.807, 2.05) is 0 Å². The van der Waals surface area contributed by atoms with Crippen LogP contribution in [0, 0.1) is 0 Å². The van der Waals surface area contributed by atoms with Crippen LogP contribution in [-0.2, 0) is 10.0 Å². The van der Waals surface area contributed by atoms with Crippen LogP contribution in [0.1, 0.15) is 19.8 Å². The fourth-order valence-corrected chi connectivity index (χ4v) is 4.11. The minimum atomic E-state index is -3.14. The monoisotopic (exact) mass is 304 g/mol. The number of nitrogens with one attached hydrogen (secondary N) is 2. The van der Waals surface area contributed by atoms with Crippen molar-refractivity contribution in [3.8, 4) is 0 Å². The lowest BCUT2D eigenvalue weighted by Crippen LogP contribution is -2.46. The van der Waals surface area contributed by atoms with Crippen LogP contribution in [0.5, 0.6) is 0 Å². The highest BCUT2D eigenvalue weighted by molar-refractivity contribution is 7.89. The number of piperazine rings is 1. The van der Waals surface area contributed by atoms with Crippen LogP contribution in [0.3, 0.4) is 0 Å². The summed E-state index contributed by atoms with van der Waals surface area (Å²) in [6.45, 7) is 9.26. The average Bonchev–Trinajstić information content (AvgIpc) is 2.92. The molecular formula is C13H28N4O2S. The van der Waals surface area contributed by atoms with Gasteiger partial charge in [0.25, 0.3) is 0 Å². The Labute approximate surface area is 122 Å². The average molecular weight is 304 g/mol. The molecule has 1 unspecified atom stereocenters. The van der Waals surface area contributed by atoms with Crippen LogP contribution in [0.25, 0.3) is 0 Å². The van der Waals surface area contributed by atoms with E-state index in [-0.39, 0.29) is 5.75 Å². The van der Waals surface area contributed by atoms with Crippen molar-refractivity contribution in [2.75, 3.05) is 58.1 Å². The number of hydrogen-bond acceptors (Lipinski definition) is 5. The Hall–Kier alpha value is -0.210. The Morgan fingerprint density at radius 2 is 2.00 bits per heavy atom. The van der Waals surface area contributed by atoms with Gasteiger partial charge in [0.05, 0.1) is 5.75 Å². The third-order valence-electron chi connectivity index (χ3n) is 4.33. The summed E-state index contributed by atoms with van der Waals surface area (Å²) in [6, 6.07) is 0.383. The molecule has 7 heteroatoms. The number of sulfonamides is 1. The molecule has 0 radical (unpaired) electrons. The predicted molar refractivity (Wildman–Crippen MR) is 81.4 cm³/mol. The zero-order valence-electron chi connectivity index (χ0n) is 12.5. The molecule has 2 heterocycles. The van der Waals surface area contributed by atoms with Gasteiger partial charge in [0.1, 0.15) is 0 Å². The molecule has 2 fully saturated rings. The molecular weight excluding hydrogens is 276 g/mol. The lowest BCUT2D eigenvalue weighted by atomic mass is 10.2. The molecule has 6 nitrogen and oxygen atoms in total. The molecule has 2 saturated heterocycles. The first-order chi connectivity index (χ1) is 9.61. The van der Waals surface area contributed by atoms with Crippen molar-refractivity contribution in [2.45, 2.75) is 25.8 Å². The highest BCUT2D eigenvalue weighted by atomic mass is 32.2. The second kappa shape index (κ2) is 7.70. The van der Waals surface area contributed by atoms with Gasteiger partial charge in [-0.3, -0.25) is 9.80 Å². The minimum Gasteiger partial charge on any atom is -0.314 e. The summed E-state index contributed by atoms with van der Waals surface area (Å²) in [7, 11) is -3.14. The van der Waals surface area contributed by atoms with E-state index >= 15 is 0 Å². The van der Waals surface area contributed by atoms with E-state index in [0.29, 0.717) is 19.1 Å². The van der Waals surface area contributed by atoms with Crippen LogP contribution in [0.4, 0.5) is 0 Å². The third kappa shape index (κ3) is 4.96. The predicted octanol–water partition coefficient (Wildman–Crippen LogP) is -0.705. The van der Waals surface area contributed by atoms with Crippen molar-refractivity contribution in [1.82, 2.24) is 19.8 Å². The van der Waals surface area contributed by atoms with Gasteiger partial charge in [0.15, 0.2) is 0 Å². The molecule has 2 N–H and O–H groups in total. The quantitative estimate of drug-likeness (QED) is 0.651. The summed E-state index contributed by atoms with van der Waals surface area (Å²) in [5, 5.41) is 3.27. The minimum absolute atomic E-state index is 0.214. The molecule has 0 amide bonds. The zero-order chi connectivity index (χ0) is 14.4. The molecule has 0 aromatic heterocycles. The normalized spacial score (nSPS) is 26.1. The molecule has 0 aromatic carbocycles. The van der Waals surface area contributed by atoms with Gasteiger partial charge in [-0.05, 0) is 25.9 Å². The highest BCUT2D eigenvalue weighted by Crippen LogP contribution is 2.15. The molecule has 2 aliphatic heterocycles. The maximum atomic E-state index is 12.1. The topological polar surface area (TPSA) is 64.7 Å². The molecule has 0 aliphatic carbocycles. The smallest absolute Gasteiger partial charge is 0.212 e. The van der Waals surface area contributed by atoms with Crippen LogP contribution >= 0.6 is 0 Å². The Bertz CT molecular complexity index is 382. The summed E-state index contributed by atoms with van der Waals surface area (Å²) in [5.41, 5.74) is 0. The zero-order valence-corrected chi connectivity index (χ0v) is 13.3. The molecule has 2 rings (SSSR count). The van der Waals surface area contributed by atoms with Crippen molar-refractivity contribution in [1.29, 1.82) is 0 Å². The number of rotatable bonds is 7. The number of likely N-dealkylation sites (tertiary alicyclic amines) is 1. The van der Waals surface area contributed by atoms with Crippen molar-refractivity contribution in [3.05, 3.63) is 0 Å². The van der Waals surface area contributed by atoms with Crippen LogP contribution in [-0.4, -0.2) is 82.4 Å². The maximum Gasteiger partial charge on any atom is 0.212 e. The maximum absolute atomic E-state index is 12.1. The molecule has 0 aromatic rings.